The standard InChI is InChI=1S/C16H14BrN3O/c1-9-3-6-12(13(17)7-9)15-19-16(21-20-15)11-5-4-10(2)14(18)8-11/h3-8H,18H2,1-2H3. The van der Waals surface area contributed by atoms with Gasteiger partial charge in [-0.05, 0) is 49.2 Å². The van der Waals surface area contributed by atoms with Crippen LogP contribution in [0, 0.1) is 13.8 Å². The number of halogens is 1. The number of aryl methyl sites for hydroxylation is 2. The predicted octanol–water partition coefficient (Wildman–Crippen LogP) is 4.37. The highest BCUT2D eigenvalue weighted by Crippen LogP contribution is 2.29. The fourth-order valence-electron chi connectivity index (χ4n) is 2.03. The zero-order valence-electron chi connectivity index (χ0n) is 11.7. The molecule has 0 unspecified atom stereocenters. The van der Waals surface area contributed by atoms with Crippen molar-refractivity contribution in [2.24, 2.45) is 0 Å². The van der Waals surface area contributed by atoms with Crippen LogP contribution in [0.5, 0.6) is 0 Å². The fraction of sp³-hybridized carbons (Fsp3) is 0.125. The number of aromatic nitrogens is 2. The Morgan fingerprint density at radius 1 is 1.10 bits per heavy atom. The topological polar surface area (TPSA) is 64.9 Å². The molecule has 0 bridgehead atoms. The van der Waals surface area contributed by atoms with E-state index in [0.717, 1.165) is 21.2 Å². The molecule has 1 heterocycles. The Bertz CT molecular complexity index is 811. The Labute approximate surface area is 131 Å². The summed E-state index contributed by atoms with van der Waals surface area (Å²) in [6.45, 7) is 3.99. The molecule has 5 heteroatoms. The Morgan fingerprint density at radius 3 is 2.62 bits per heavy atom. The molecule has 21 heavy (non-hydrogen) atoms. The number of benzene rings is 2. The van der Waals surface area contributed by atoms with Gasteiger partial charge in [0.05, 0.1) is 0 Å². The molecule has 3 rings (SSSR count). The molecule has 2 aromatic carbocycles. The summed E-state index contributed by atoms with van der Waals surface area (Å²) in [6.07, 6.45) is 0. The van der Waals surface area contributed by atoms with Crippen LogP contribution in [0.15, 0.2) is 45.4 Å². The van der Waals surface area contributed by atoms with Crippen molar-refractivity contribution < 1.29 is 4.52 Å². The van der Waals surface area contributed by atoms with Crippen molar-refractivity contribution >= 4 is 21.6 Å². The van der Waals surface area contributed by atoms with Gasteiger partial charge in [0, 0.05) is 21.3 Å². The third-order valence-electron chi connectivity index (χ3n) is 3.32. The molecule has 0 saturated carbocycles. The summed E-state index contributed by atoms with van der Waals surface area (Å²) >= 11 is 3.53. The molecule has 0 radical (unpaired) electrons. The van der Waals surface area contributed by atoms with E-state index in [-0.39, 0.29) is 0 Å². The molecule has 0 amide bonds. The molecular formula is C16H14BrN3O. The SMILES string of the molecule is Cc1ccc(-c2noc(-c3ccc(C)c(N)c3)n2)c(Br)c1. The van der Waals surface area contributed by atoms with Gasteiger partial charge in [0.2, 0.25) is 5.82 Å². The van der Waals surface area contributed by atoms with Gasteiger partial charge in [0.1, 0.15) is 0 Å². The third-order valence-corrected chi connectivity index (χ3v) is 3.97. The summed E-state index contributed by atoms with van der Waals surface area (Å²) in [5.74, 6) is 1.01. The number of rotatable bonds is 2. The van der Waals surface area contributed by atoms with E-state index in [9.17, 15) is 0 Å². The molecule has 0 atom stereocenters. The molecule has 3 aromatic rings. The average molecular weight is 344 g/mol. The summed E-state index contributed by atoms with van der Waals surface area (Å²) < 4.78 is 6.29. The lowest BCUT2D eigenvalue weighted by atomic mass is 10.1. The van der Waals surface area contributed by atoms with Crippen molar-refractivity contribution in [3.63, 3.8) is 0 Å². The van der Waals surface area contributed by atoms with E-state index in [1.165, 1.54) is 5.56 Å². The average Bonchev–Trinajstić information content (AvgIpc) is 2.91. The molecule has 0 fully saturated rings. The second-order valence-electron chi connectivity index (χ2n) is 4.98. The highest BCUT2D eigenvalue weighted by Gasteiger charge is 2.13. The number of anilines is 1. The van der Waals surface area contributed by atoms with Crippen LogP contribution in [0.1, 0.15) is 11.1 Å². The minimum atomic E-state index is 0.462. The van der Waals surface area contributed by atoms with Crippen LogP contribution < -0.4 is 5.73 Å². The van der Waals surface area contributed by atoms with Crippen molar-refractivity contribution in [3.8, 4) is 22.8 Å². The summed E-state index contributed by atoms with van der Waals surface area (Å²) in [6, 6.07) is 11.7. The second-order valence-corrected chi connectivity index (χ2v) is 5.83. The molecule has 106 valence electrons. The lowest BCUT2D eigenvalue weighted by Crippen LogP contribution is -1.90. The maximum Gasteiger partial charge on any atom is 0.258 e. The summed E-state index contributed by atoms with van der Waals surface area (Å²) in [7, 11) is 0. The van der Waals surface area contributed by atoms with E-state index in [1.807, 2.05) is 50.2 Å². The lowest BCUT2D eigenvalue weighted by molar-refractivity contribution is 0.432. The van der Waals surface area contributed by atoms with Crippen LogP contribution in [0.2, 0.25) is 0 Å². The van der Waals surface area contributed by atoms with E-state index >= 15 is 0 Å². The quantitative estimate of drug-likeness (QED) is 0.702. The van der Waals surface area contributed by atoms with Gasteiger partial charge in [-0.1, -0.05) is 33.2 Å². The van der Waals surface area contributed by atoms with Crippen LogP contribution >= 0.6 is 15.9 Å². The van der Waals surface area contributed by atoms with Crippen molar-refractivity contribution in [1.29, 1.82) is 0 Å². The Kier molecular flexibility index (Phi) is 3.51. The van der Waals surface area contributed by atoms with Crippen LogP contribution in [-0.4, -0.2) is 10.1 Å². The molecule has 0 saturated heterocycles. The van der Waals surface area contributed by atoms with Crippen molar-refractivity contribution in [1.82, 2.24) is 10.1 Å². The highest BCUT2D eigenvalue weighted by molar-refractivity contribution is 9.10. The first-order chi connectivity index (χ1) is 10.0. The third kappa shape index (κ3) is 2.69. The zero-order chi connectivity index (χ0) is 15.0. The van der Waals surface area contributed by atoms with Crippen LogP contribution in [-0.2, 0) is 0 Å². The van der Waals surface area contributed by atoms with Gasteiger partial charge in [-0.3, -0.25) is 0 Å². The first kappa shape index (κ1) is 13.8. The molecular weight excluding hydrogens is 330 g/mol. The number of hydrogen-bond donors (Lipinski definition) is 1. The summed E-state index contributed by atoms with van der Waals surface area (Å²) in [5.41, 5.74) is 10.5. The number of nitrogens with zero attached hydrogens (tertiary/aromatic N) is 2. The first-order valence-electron chi connectivity index (χ1n) is 6.51. The maximum atomic E-state index is 5.92. The molecule has 4 nitrogen and oxygen atoms in total. The van der Waals surface area contributed by atoms with E-state index in [2.05, 4.69) is 26.1 Å². The van der Waals surface area contributed by atoms with Gasteiger partial charge >= 0.3 is 0 Å². The van der Waals surface area contributed by atoms with Gasteiger partial charge < -0.3 is 10.3 Å². The maximum absolute atomic E-state index is 5.92. The van der Waals surface area contributed by atoms with Crippen LogP contribution in [0.25, 0.3) is 22.8 Å². The van der Waals surface area contributed by atoms with E-state index in [0.29, 0.717) is 17.4 Å². The van der Waals surface area contributed by atoms with Gasteiger partial charge in [0.25, 0.3) is 5.89 Å². The van der Waals surface area contributed by atoms with Crippen LogP contribution in [0.4, 0.5) is 5.69 Å². The predicted molar refractivity (Wildman–Crippen MR) is 86.8 cm³/mol. The minimum Gasteiger partial charge on any atom is -0.398 e. The van der Waals surface area contributed by atoms with Crippen molar-refractivity contribution in [3.05, 3.63) is 52.0 Å². The van der Waals surface area contributed by atoms with E-state index in [4.69, 9.17) is 10.3 Å². The van der Waals surface area contributed by atoms with Gasteiger partial charge in [0.15, 0.2) is 0 Å². The Morgan fingerprint density at radius 2 is 1.90 bits per heavy atom. The van der Waals surface area contributed by atoms with E-state index < -0.39 is 0 Å². The monoisotopic (exact) mass is 343 g/mol. The van der Waals surface area contributed by atoms with Crippen molar-refractivity contribution in [2.75, 3.05) is 5.73 Å². The minimum absolute atomic E-state index is 0.462. The zero-order valence-corrected chi connectivity index (χ0v) is 13.3. The molecule has 0 aliphatic heterocycles. The lowest BCUT2D eigenvalue weighted by Gasteiger charge is -2.01. The molecule has 2 N–H and O–H groups in total. The molecule has 0 aliphatic rings. The Hall–Kier alpha value is -2.14. The van der Waals surface area contributed by atoms with Crippen molar-refractivity contribution in [2.45, 2.75) is 13.8 Å². The summed E-state index contributed by atoms with van der Waals surface area (Å²) in [4.78, 5) is 4.45. The molecule has 0 spiro atoms. The normalized spacial score (nSPS) is 10.8. The Balaban J connectivity index is 2.01. The number of nitrogens with two attached hydrogens (primary N) is 1. The van der Waals surface area contributed by atoms with Gasteiger partial charge in [-0.2, -0.15) is 4.98 Å². The fourth-order valence-corrected chi connectivity index (χ4v) is 2.70. The number of nitrogen functional groups attached to an aromatic ring is 1. The van der Waals surface area contributed by atoms with Gasteiger partial charge in [-0.25, -0.2) is 0 Å². The molecule has 0 aliphatic carbocycles. The van der Waals surface area contributed by atoms with Gasteiger partial charge in [-0.15, -0.1) is 0 Å². The van der Waals surface area contributed by atoms with E-state index in [1.54, 1.807) is 0 Å². The first-order valence-corrected chi connectivity index (χ1v) is 7.30. The second kappa shape index (κ2) is 5.33. The summed E-state index contributed by atoms with van der Waals surface area (Å²) in [5, 5.41) is 4.05. The largest absolute Gasteiger partial charge is 0.398 e. The smallest absolute Gasteiger partial charge is 0.258 e. The number of hydrogen-bond acceptors (Lipinski definition) is 4. The highest BCUT2D eigenvalue weighted by atomic mass is 79.9. The molecule has 1 aromatic heterocycles. The van der Waals surface area contributed by atoms with Crippen LogP contribution in [0.3, 0.4) is 0 Å².